The zero-order valence-electron chi connectivity index (χ0n) is 12.3. The molecule has 106 valence electrons. The van der Waals surface area contributed by atoms with Crippen LogP contribution in [0.25, 0.3) is 0 Å². The number of carbonyl (C=O) groups is 2. The van der Waals surface area contributed by atoms with E-state index in [2.05, 4.69) is 5.32 Å². The van der Waals surface area contributed by atoms with Crippen LogP contribution in [-0.4, -0.2) is 23.5 Å². The van der Waals surface area contributed by atoms with E-state index in [1.54, 1.807) is 47.6 Å². The number of amides is 1. The largest absolute Gasteiger partial charge is 0.466 e. The van der Waals surface area contributed by atoms with Crippen molar-refractivity contribution in [3.8, 4) is 0 Å². The van der Waals surface area contributed by atoms with Crippen LogP contribution in [0, 0.1) is 13.8 Å². The van der Waals surface area contributed by atoms with E-state index in [0.717, 1.165) is 0 Å². The summed E-state index contributed by atoms with van der Waals surface area (Å²) in [5.41, 5.74) is -0.133. The summed E-state index contributed by atoms with van der Waals surface area (Å²) in [6.45, 7) is 10.4. The van der Waals surface area contributed by atoms with E-state index in [0.29, 0.717) is 17.1 Å². The summed E-state index contributed by atoms with van der Waals surface area (Å²) in [4.78, 5) is 23.7. The molecule has 1 atom stereocenters. The van der Waals surface area contributed by atoms with E-state index in [1.807, 2.05) is 0 Å². The fraction of sp³-hybridized carbons (Fsp3) is 0.571. The Balaban J connectivity index is 2.67. The van der Waals surface area contributed by atoms with Crippen molar-refractivity contribution in [3.63, 3.8) is 0 Å². The quantitative estimate of drug-likeness (QED) is 0.854. The molecular formula is C14H21NO4. The molecule has 0 aliphatic rings. The molecule has 0 aromatic carbocycles. The molecule has 5 heteroatoms. The van der Waals surface area contributed by atoms with E-state index >= 15 is 0 Å². The highest BCUT2D eigenvalue weighted by Gasteiger charge is 2.24. The predicted octanol–water partition coefficient (Wildman–Crippen LogP) is 2.36. The van der Waals surface area contributed by atoms with Crippen LogP contribution < -0.4 is 5.32 Å². The summed E-state index contributed by atoms with van der Waals surface area (Å²) in [5.74, 6) is 0.394. The lowest BCUT2D eigenvalue weighted by atomic mass is 10.2. The van der Waals surface area contributed by atoms with Crippen LogP contribution >= 0.6 is 0 Å². The SMILES string of the molecule is Cc1cc(C(=O)N[C@@H](C)C(=O)OC(C)(C)C)c(C)o1. The maximum atomic E-state index is 12.0. The average Bonchev–Trinajstić information content (AvgIpc) is 2.55. The molecule has 1 aromatic heterocycles. The number of ether oxygens (including phenoxy) is 1. The highest BCUT2D eigenvalue weighted by Crippen LogP contribution is 2.14. The molecule has 0 unspecified atom stereocenters. The molecule has 0 bridgehead atoms. The molecule has 0 spiro atoms. The first kappa shape index (κ1) is 15.3. The lowest BCUT2D eigenvalue weighted by Crippen LogP contribution is -2.42. The number of carbonyl (C=O) groups excluding carboxylic acids is 2. The number of aryl methyl sites for hydroxylation is 2. The van der Waals surface area contributed by atoms with Gasteiger partial charge in [-0.3, -0.25) is 4.79 Å². The van der Waals surface area contributed by atoms with Gasteiger partial charge < -0.3 is 14.5 Å². The fourth-order valence-corrected chi connectivity index (χ4v) is 1.58. The first-order chi connectivity index (χ1) is 8.60. The van der Waals surface area contributed by atoms with Gasteiger partial charge in [0, 0.05) is 0 Å². The average molecular weight is 267 g/mol. The van der Waals surface area contributed by atoms with Gasteiger partial charge in [-0.25, -0.2) is 4.79 Å². The predicted molar refractivity (Wildman–Crippen MR) is 71.0 cm³/mol. The van der Waals surface area contributed by atoms with Crippen LogP contribution in [0.4, 0.5) is 0 Å². The lowest BCUT2D eigenvalue weighted by Gasteiger charge is -2.22. The molecule has 1 heterocycles. The maximum Gasteiger partial charge on any atom is 0.328 e. The summed E-state index contributed by atoms with van der Waals surface area (Å²) < 4.78 is 10.5. The van der Waals surface area contributed by atoms with Crippen molar-refractivity contribution in [1.29, 1.82) is 0 Å². The first-order valence-corrected chi connectivity index (χ1v) is 6.21. The first-order valence-electron chi connectivity index (χ1n) is 6.21. The molecule has 1 N–H and O–H groups in total. The normalized spacial score (nSPS) is 12.9. The molecule has 0 radical (unpaired) electrons. The molecule has 1 amide bonds. The Morgan fingerprint density at radius 1 is 1.32 bits per heavy atom. The van der Waals surface area contributed by atoms with E-state index in [1.165, 1.54) is 0 Å². The zero-order chi connectivity index (χ0) is 14.8. The second kappa shape index (κ2) is 5.47. The molecule has 0 aliphatic heterocycles. The van der Waals surface area contributed by atoms with Crippen molar-refractivity contribution < 1.29 is 18.7 Å². The molecule has 19 heavy (non-hydrogen) atoms. The van der Waals surface area contributed by atoms with Crippen molar-refractivity contribution in [1.82, 2.24) is 5.32 Å². The highest BCUT2D eigenvalue weighted by atomic mass is 16.6. The van der Waals surface area contributed by atoms with Gasteiger partial charge in [0.05, 0.1) is 5.56 Å². The van der Waals surface area contributed by atoms with Gasteiger partial charge in [0.25, 0.3) is 5.91 Å². The van der Waals surface area contributed by atoms with Gasteiger partial charge in [0.15, 0.2) is 0 Å². The van der Waals surface area contributed by atoms with Gasteiger partial charge in [-0.15, -0.1) is 0 Å². The number of rotatable bonds is 3. The molecule has 0 saturated carbocycles. The number of hydrogen-bond acceptors (Lipinski definition) is 4. The third kappa shape index (κ3) is 4.43. The third-order valence-electron chi connectivity index (χ3n) is 2.39. The van der Waals surface area contributed by atoms with Crippen molar-refractivity contribution in [2.75, 3.05) is 0 Å². The highest BCUT2D eigenvalue weighted by molar-refractivity contribution is 5.97. The second-order valence-electron chi connectivity index (χ2n) is 5.56. The topological polar surface area (TPSA) is 68.5 Å². The molecule has 1 aromatic rings. The zero-order valence-corrected chi connectivity index (χ0v) is 12.3. The van der Waals surface area contributed by atoms with Crippen LogP contribution in [-0.2, 0) is 9.53 Å². The van der Waals surface area contributed by atoms with E-state index < -0.39 is 17.6 Å². The Kier molecular flexibility index (Phi) is 4.39. The second-order valence-corrected chi connectivity index (χ2v) is 5.56. The van der Waals surface area contributed by atoms with Gasteiger partial charge in [0.2, 0.25) is 0 Å². The Morgan fingerprint density at radius 2 is 1.89 bits per heavy atom. The molecule has 0 aliphatic carbocycles. The minimum absolute atomic E-state index is 0.340. The fourth-order valence-electron chi connectivity index (χ4n) is 1.58. The van der Waals surface area contributed by atoms with Gasteiger partial charge in [-0.2, -0.15) is 0 Å². The Hall–Kier alpha value is -1.78. The maximum absolute atomic E-state index is 12.0. The van der Waals surface area contributed by atoms with Crippen molar-refractivity contribution >= 4 is 11.9 Å². The summed E-state index contributed by atoms with van der Waals surface area (Å²) in [6.07, 6.45) is 0. The van der Waals surface area contributed by atoms with Crippen LogP contribution in [0.15, 0.2) is 10.5 Å². The third-order valence-corrected chi connectivity index (χ3v) is 2.39. The van der Waals surface area contributed by atoms with Gasteiger partial charge in [-0.05, 0) is 47.6 Å². The van der Waals surface area contributed by atoms with Crippen LogP contribution in [0.3, 0.4) is 0 Å². The standard InChI is InChI=1S/C14H21NO4/c1-8-7-11(10(3)18-8)12(16)15-9(2)13(17)19-14(4,5)6/h7,9H,1-6H3,(H,15,16)/t9-/m0/s1. The van der Waals surface area contributed by atoms with Crippen molar-refractivity contribution in [2.24, 2.45) is 0 Å². The van der Waals surface area contributed by atoms with Crippen LogP contribution in [0.1, 0.15) is 49.6 Å². The van der Waals surface area contributed by atoms with Gasteiger partial charge >= 0.3 is 5.97 Å². The van der Waals surface area contributed by atoms with E-state index in [4.69, 9.17) is 9.15 Å². The van der Waals surface area contributed by atoms with E-state index in [9.17, 15) is 9.59 Å². The Labute approximate surface area is 113 Å². The van der Waals surface area contributed by atoms with Crippen LogP contribution in [0.5, 0.6) is 0 Å². The number of nitrogens with one attached hydrogen (secondary N) is 1. The summed E-state index contributed by atoms with van der Waals surface area (Å²) in [7, 11) is 0. The lowest BCUT2D eigenvalue weighted by molar-refractivity contribution is -0.156. The smallest absolute Gasteiger partial charge is 0.328 e. The summed E-state index contributed by atoms with van der Waals surface area (Å²) >= 11 is 0. The van der Waals surface area contributed by atoms with Gasteiger partial charge in [-0.1, -0.05) is 0 Å². The molecule has 5 nitrogen and oxygen atoms in total. The summed E-state index contributed by atoms with van der Waals surface area (Å²) in [5, 5.41) is 2.60. The van der Waals surface area contributed by atoms with Gasteiger partial charge in [0.1, 0.15) is 23.2 Å². The molecule has 0 saturated heterocycles. The van der Waals surface area contributed by atoms with E-state index in [-0.39, 0.29) is 5.91 Å². The number of hydrogen-bond donors (Lipinski definition) is 1. The van der Waals surface area contributed by atoms with Crippen molar-refractivity contribution in [3.05, 3.63) is 23.2 Å². The molecule has 1 rings (SSSR count). The minimum atomic E-state index is -0.707. The Morgan fingerprint density at radius 3 is 2.32 bits per heavy atom. The summed E-state index contributed by atoms with van der Waals surface area (Å²) in [6, 6.07) is 0.938. The Bertz CT molecular complexity index is 482. The monoisotopic (exact) mass is 267 g/mol. The minimum Gasteiger partial charge on any atom is -0.466 e. The number of furan rings is 1. The molecular weight excluding hydrogens is 246 g/mol. The number of esters is 1. The van der Waals surface area contributed by atoms with Crippen LogP contribution in [0.2, 0.25) is 0 Å². The molecule has 0 fully saturated rings. The van der Waals surface area contributed by atoms with Crippen molar-refractivity contribution in [2.45, 2.75) is 53.2 Å².